The first kappa shape index (κ1) is 19.3. The van der Waals surface area contributed by atoms with Crippen LogP contribution in [0, 0.1) is 0 Å². The van der Waals surface area contributed by atoms with Gasteiger partial charge in [-0.3, -0.25) is 4.79 Å². The normalized spacial score (nSPS) is 15.4. The molecule has 0 spiro atoms. The molecule has 0 atom stereocenters. The molecule has 5 rings (SSSR count). The third-order valence-electron chi connectivity index (χ3n) is 5.26. The van der Waals surface area contributed by atoms with Crippen LogP contribution in [0.1, 0.15) is 47.7 Å². The number of hydrogen-bond acceptors (Lipinski definition) is 6. The van der Waals surface area contributed by atoms with Gasteiger partial charge in [0.05, 0.1) is 16.9 Å². The van der Waals surface area contributed by atoms with Crippen LogP contribution in [-0.2, 0) is 9.53 Å². The number of rotatable bonds is 8. The molecule has 2 aromatic heterocycles. The molecule has 3 aromatic rings. The van der Waals surface area contributed by atoms with Gasteiger partial charge < -0.3 is 15.4 Å². The average molecular weight is 417 g/mol. The summed E-state index contributed by atoms with van der Waals surface area (Å²) in [7, 11) is 0. The highest BCUT2D eigenvalue weighted by Crippen LogP contribution is 2.40. The summed E-state index contributed by atoms with van der Waals surface area (Å²) < 4.78 is 6.88. The fourth-order valence-electron chi connectivity index (χ4n) is 3.26. The number of aromatic nitrogens is 3. The molecule has 158 valence electrons. The molecule has 1 aromatic carbocycles. The minimum atomic E-state index is -0.587. The number of hydrogen-bond donors (Lipinski definition) is 2. The van der Waals surface area contributed by atoms with Crippen molar-refractivity contribution in [1.29, 1.82) is 0 Å². The molecule has 2 aliphatic rings. The quantitative estimate of drug-likeness (QED) is 0.544. The first-order chi connectivity index (χ1) is 15.2. The van der Waals surface area contributed by atoms with Crippen LogP contribution in [0.4, 0.5) is 11.6 Å². The Morgan fingerprint density at radius 2 is 1.87 bits per heavy atom. The summed E-state index contributed by atoms with van der Waals surface area (Å²) in [5, 5.41) is 10.7. The van der Waals surface area contributed by atoms with Crippen molar-refractivity contribution >= 4 is 23.5 Å². The van der Waals surface area contributed by atoms with E-state index >= 15 is 0 Å². The predicted octanol–water partition coefficient (Wildman–Crippen LogP) is 3.51. The summed E-state index contributed by atoms with van der Waals surface area (Å²) in [6, 6.07) is 15.4. The molecule has 0 aliphatic heterocycles. The lowest BCUT2D eigenvalue weighted by Gasteiger charge is -2.09. The van der Waals surface area contributed by atoms with Crippen molar-refractivity contribution in [3.8, 4) is 5.69 Å². The van der Waals surface area contributed by atoms with Gasteiger partial charge in [-0.05, 0) is 49.9 Å². The number of para-hydroxylation sites is 1. The monoisotopic (exact) mass is 417 g/mol. The van der Waals surface area contributed by atoms with E-state index in [4.69, 9.17) is 4.74 Å². The van der Waals surface area contributed by atoms with Crippen LogP contribution in [-0.4, -0.2) is 39.3 Å². The number of benzene rings is 1. The summed E-state index contributed by atoms with van der Waals surface area (Å²) in [5.74, 6) is 0.732. The summed E-state index contributed by atoms with van der Waals surface area (Å²) in [6.45, 7) is -0.389. The van der Waals surface area contributed by atoms with Crippen molar-refractivity contribution in [2.75, 3.05) is 17.2 Å². The molecule has 0 unspecified atom stereocenters. The third kappa shape index (κ3) is 4.74. The molecule has 31 heavy (non-hydrogen) atoms. The predicted molar refractivity (Wildman–Crippen MR) is 115 cm³/mol. The molecule has 2 saturated carbocycles. The van der Waals surface area contributed by atoms with Gasteiger partial charge in [0.2, 0.25) is 0 Å². The molecule has 8 heteroatoms. The lowest BCUT2D eigenvalue weighted by Crippen LogP contribution is -2.22. The van der Waals surface area contributed by atoms with Gasteiger partial charge in [-0.2, -0.15) is 5.10 Å². The smallest absolute Gasteiger partial charge is 0.340 e. The molecular weight excluding hydrogens is 394 g/mol. The van der Waals surface area contributed by atoms with Crippen molar-refractivity contribution < 1.29 is 14.3 Å². The van der Waals surface area contributed by atoms with E-state index in [9.17, 15) is 9.59 Å². The van der Waals surface area contributed by atoms with Crippen LogP contribution in [0.5, 0.6) is 0 Å². The Labute approximate surface area is 179 Å². The molecular formula is C23H23N5O3. The Kier molecular flexibility index (Phi) is 5.11. The second-order valence-corrected chi connectivity index (χ2v) is 7.95. The van der Waals surface area contributed by atoms with Crippen LogP contribution in [0.2, 0.25) is 0 Å². The molecule has 2 N–H and O–H groups in total. The Morgan fingerprint density at radius 1 is 1.06 bits per heavy atom. The van der Waals surface area contributed by atoms with Crippen LogP contribution in [0.15, 0.2) is 54.7 Å². The average Bonchev–Trinajstić information content (AvgIpc) is 3.73. The zero-order chi connectivity index (χ0) is 21.2. The molecule has 8 nitrogen and oxygen atoms in total. The van der Waals surface area contributed by atoms with Crippen molar-refractivity contribution in [2.45, 2.75) is 37.6 Å². The Morgan fingerprint density at radius 3 is 2.55 bits per heavy atom. The van der Waals surface area contributed by atoms with Crippen molar-refractivity contribution in [3.05, 3.63) is 66.0 Å². The van der Waals surface area contributed by atoms with E-state index in [-0.39, 0.29) is 6.61 Å². The van der Waals surface area contributed by atoms with Gasteiger partial charge >= 0.3 is 5.97 Å². The Hall–Kier alpha value is -3.68. The highest BCUT2D eigenvalue weighted by Gasteiger charge is 2.28. The number of ether oxygens (including phenoxy) is 1. The fraction of sp³-hybridized carbons (Fsp3) is 0.304. The lowest BCUT2D eigenvalue weighted by molar-refractivity contribution is -0.119. The fourth-order valence-corrected chi connectivity index (χ4v) is 3.26. The topological polar surface area (TPSA) is 98.1 Å². The van der Waals surface area contributed by atoms with Crippen molar-refractivity contribution in [3.63, 3.8) is 0 Å². The molecule has 0 radical (unpaired) electrons. The molecule has 0 bridgehead atoms. The number of carbonyl (C=O) groups excluding carboxylic acids is 2. The maximum atomic E-state index is 12.5. The molecule has 0 saturated heterocycles. The minimum Gasteiger partial charge on any atom is -0.452 e. The first-order valence-electron chi connectivity index (χ1n) is 10.5. The highest BCUT2D eigenvalue weighted by molar-refractivity contribution is 5.95. The number of carbonyl (C=O) groups is 2. The maximum Gasteiger partial charge on any atom is 0.340 e. The van der Waals surface area contributed by atoms with E-state index in [2.05, 4.69) is 20.7 Å². The van der Waals surface area contributed by atoms with Crippen molar-refractivity contribution in [1.82, 2.24) is 14.8 Å². The van der Waals surface area contributed by atoms with E-state index in [0.717, 1.165) is 42.9 Å². The zero-order valence-corrected chi connectivity index (χ0v) is 17.0. The zero-order valence-electron chi connectivity index (χ0n) is 17.0. The molecule has 2 fully saturated rings. The first-order valence-corrected chi connectivity index (χ1v) is 10.5. The van der Waals surface area contributed by atoms with Crippen LogP contribution < -0.4 is 10.6 Å². The molecule has 2 aliphatic carbocycles. The number of nitrogens with one attached hydrogen (secondary N) is 2. The summed E-state index contributed by atoms with van der Waals surface area (Å²) in [4.78, 5) is 28.9. The molecule has 2 heterocycles. The third-order valence-corrected chi connectivity index (χ3v) is 5.26. The maximum absolute atomic E-state index is 12.5. The van der Waals surface area contributed by atoms with Gasteiger partial charge in [-0.25, -0.2) is 14.5 Å². The van der Waals surface area contributed by atoms with Gasteiger partial charge in [0.15, 0.2) is 6.61 Å². The standard InChI is InChI=1S/C23H23N5O3/c29-22(14-31-23(30)16-8-11-20(24-13-16)25-17-9-10-17)26-21-12-19(15-6-7-15)27-28(21)18-4-2-1-3-5-18/h1-5,8,11-13,15,17H,6-7,9-10,14H2,(H,24,25)(H,26,29). The van der Waals surface area contributed by atoms with E-state index < -0.39 is 11.9 Å². The van der Waals surface area contributed by atoms with E-state index in [1.54, 1.807) is 16.8 Å². The summed E-state index contributed by atoms with van der Waals surface area (Å²) in [6.07, 6.45) is 5.97. The summed E-state index contributed by atoms with van der Waals surface area (Å²) in [5.41, 5.74) is 2.12. The van der Waals surface area contributed by atoms with E-state index in [1.807, 2.05) is 36.4 Å². The second kappa shape index (κ2) is 8.22. The van der Waals surface area contributed by atoms with Gasteiger partial charge in [0, 0.05) is 24.2 Å². The minimum absolute atomic E-state index is 0.305. The number of pyridine rings is 1. The highest BCUT2D eigenvalue weighted by atomic mass is 16.5. The van der Waals surface area contributed by atoms with E-state index in [0.29, 0.717) is 23.3 Å². The number of esters is 1. The Bertz CT molecular complexity index is 1090. The molecule has 1 amide bonds. The van der Waals surface area contributed by atoms with Gasteiger partial charge in [0.25, 0.3) is 5.91 Å². The number of anilines is 2. The van der Waals surface area contributed by atoms with Crippen LogP contribution >= 0.6 is 0 Å². The largest absolute Gasteiger partial charge is 0.452 e. The second-order valence-electron chi connectivity index (χ2n) is 7.95. The lowest BCUT2D eigenvalue weighted by atomic mass is 10.3. The van der Waals surface area contributed by atoms with Gasteiger partial charge in [-0.1, -0.05) is 18.2 Å². The van der Waals surface area contributed by atoms with Crippen LogP contribution in [0.25, 0.3) is 5.69 Å². The summed E-state index contributed by atoms with van der Waals surface area (Å²) >= 11 is 0. The van der Waals surface area contributed by atoms with Gasteiger partial charge in [0.1, 0.15) is 11.6 Å². The van der Waals surface area contributed by atoms with Crippen molar-refractivity contribution in [2.24, 2.45) is 0 Å². The van der Waals surface area contributed by atoms with Gasteiger partial charge in [-0.15, -0.1) is 0 Å². The Balaban J connectivity index is 1.21. The van der Waals surface area contributed by atoms with Crippen LogP contribution in [0.3, 0.4) is 0 Å². The number of amides is 1. The SMILES string of the molecule is O=C(COC(=O)c1ccc(NC2CC2)nc1)Nc1cc(C2CC2)nn1-c1ccccc1. The van der Waals surface area contributed by atoms with E-state index in [1.165, 1.54) is 6.20 Å². The number of nitrogens with zero attached hydrogens (tertiary/aromatic N) is 3.